The number of imidazole rings is 1. The van der Waals surface area contributed by atoms with Gasteiger partial charge in [-0.15, -0.1) is 0 Å². The lowest BCUT2D eigenvalue weighted by molar-refractivity contribution is 0.630. The molecule has 0 bridgehead atoms. The van der Waals surface area contributed by atoms with E-state index in [-0.39, 0.29) is 5.82 Å². The highest BCUT2D eigenvalue weighted by Crippen LogP contribution is 2.29. The minimum Gasteiger partial charge on any atom is -0.313 e. The van der Waals surface area contributed by atoms with Crippen LogP contribution in [-0.4, -0.2) is 14.5 Å². The third-order valence-electron chi connectivity index (χ3n) is 3.36. The smallest absolute Gasteiger partial charge is 0.209 e. The maximum absolute atomic E-state index is 13.2. The first-order valence-electron chi connectivity index (χ1n) is 6.45. The van der Waals surface area contributed by atoms with E-state index in [1.807, 2.05) is 35.9 Å². The Hall–Kier alpha value is -2.47. The van der Waals surface area contributed by atoms with Crippen molar-refractivity contribution in [1.82, 2.24) is 14.5 Å². The molecule has 4 nitrogen and oxygen atoms in total. The second-order valence-corrected chi connectivity index (χ2v) is 5.77. The van der Waals surface area contributed by atoms with Crippen molar-refractivity contribution in [3.63, 3.8) is 0 Å². The molecule has 4 rings (SSSR count). The Labute approximate surface area is 123 Å². The molecule has 4 aromatic rings. The Morgan fingerprint density at radius 1 is 1.10 bits per heavy atom. The van der Waals surface area contributed by atoms with Crippen molar-refractivity contribution in [3.8, 4) is 0 Å². The van der Waals surface area contributed by atoms with E-state index in [0.29, 0.717) is 5.13 Å². The number of aryl methyl sites for hydroxylation is 1. The van der Waals surface area contributed by atoms with Gasteiger partial charge in [0.05, 0.1) is 21.3 Å². The van der Waals surface area contributed by atoms with E-state index >= 15 is 0 Å². The maximum atomic E-state index is 13.2. The van der Waals surface area contributed by atoms with E-state index in [2.05, 4.69) is 15.3 Å². The third kappa shape index (κ3) is 2.04. The number of halogens is 1. The molecule has 0 amide bonds. The summed E-state index contributed by atoms with van der Waals surface area (Å²) in [7, 11) is 1.95. The van der Waals surface area contributed by atoms with Gasteiger partial charge in [-0.3, -0.25) is 0 Å². The van der Waals surface area contributed by atoms with Crippen molar-refractivity contribution in [3.05, 3.63) is 48.3 Å². The third-order valence-corrected chi connectivity index (χ3v) is 4.29. The van der Waals surface area contributed by atoms with Gasteiger partial charge in [0.2, 0.25) is 5.95 Å². The Morgan fingerprint density at radius 3 is 2.81 bits per heavy atom. The molecular formula is C15H11FN4S. The fourth-order valence-electron chi connectivity index (χ4n) is 2.30. The average Bonchev–Trinajstić information content (AvgIpc) is 3.01. The summed E-state index contributed by atoms with van der Waals surface area (Å²) in [4.78, 5) is 8.99. The molecule has 1 N–H and O–H groups in total. The molecule has 21 heavy (non-hydrogen) atoms. The van der Waals surface area contributed by atoms with Gasteiger partial charge in [-0.2, -0.15) is 0 Å². The van der Waals surface area contributed by atoms with Gasteiger partial charge in [0, 0.05) is 7.05 Å². The van der Waals surface area contributed by atoms with Gasteiger partial charge in [-0.05, 0) is 30.3 Å². The lowest BCUT2D eigenvalue weighted by atomic mass is 10.3. The average molecular weight is 298 g/mol. The second-order valence-electron chi connectivity index (χ2n) is 4.74. The molecule has 0 fully saturated rings. The summed E-state index contributed by atoms with van der Waals surface area (Å²) < 4.78 is 16.0. The van der Waals surface area contributed by atoms with Crippen molar-refractivity contribution in [2.75, 3.05) is 5.32 Å². The first kappa shape index (κ1) is 12.3. The number of nitrogens with one attached hydrogen (secondary N) is 1. The number of benzene rings is 2. The minimum absolute atomic E-state index is 0.250. The second kappa shape index (κ2) is 4.53. The number of nitrogens with zero attached hydrogens (tertiary/aromatic N) is 3. The lowest BCUT2D eigenvalue weighted by Crippen LogP contribution is -1.98. The van der Waals surface area contributed by atoms with Crippen LogP contribution < -0.4 is 5.32 Å². The Kier molecular flexibility index (Phi) is 2.65. The highest BCUT2D eigenvalue weighted by Gasteiger charge is 2.10. The van der Waals surface area contributed by atoms with Gasteiger partial charge in [0.15, 0.2) is 5.13 Å². The van der Waals surface area contributed by atoms with Crippen LogP contribution in [0.25, 0.3) is 21.3 Å². The standard InChI is InChI=1S/C15H11FN4S/c1-20-12-5-3-2-4-10(12)17-14(20)19-15-18-11-7-6-9(16)8-13(11)21-15/h2-8H,1H3,(H,17,18,19). The molecule has 2 aromatic heterocycles. The quantitative estimate of drug-likeness (QED) is 0.606. The minimum atomic E-state index is -0.250. The van der Waals surface area contributed by atoms with Gasteiger partial charge in [-0.1, -0.05) is 23.5 Å². The molecule has 0 aliphatic rings. The van der Waals surface area contributed by atoms with E-state index in [9.17, 15) is 4.39 Å². The monoisotopic (exact) mass is 298 g/mol. The normalized spacial score (nSPS) is 11.3. The van der Waals surface area contributed by atoms with Crippen molar-refractivity contribution >= 4 is 43.7 Å². The zero-order chi connectivity index (χ0) is 14.4. The first-order chi connectivity index (χ1) is 10.2. The van der Waals surface area contributed by atoms with Crippen LogP contribution in [-0.2, 0) is 7.05 Å². The highest BCUT2D eigenvalue weighted by molar-refractivity contribution is 7.22. The number of anilines is 2. The van der Waals surface area contributed by atoms with Crippen molar-refractivity contribution < 1.29 is 4.39 Å². The highest BCUT2D eigenvalue weighted by atomic mass is 32.1. The number of thiazole rings is 1. The largest absolute Gasteiger partial charge is 0.313 e. The number of rotatable bonds is 2. The summed E-state index contributed by atoms with van der Waals surface area (Å²) in [6.45, 7) is 0. The van der Waals surface area contributed by atoms with Crippen LogP contribution in [0.15, 0.2) is 42.5 Å². The fraction of sp³-hybridized carbons (Fsp3) is 0.0667. The molecule has 0 atom stereocenters. The van der Waals surface area contributed by atoms with E-state index in [4.69, 9.17) is 0 Å². The molecule has 0 radical (unpaired) electrons. The van der Waals surface area contributed by atoms with Crippen molar-refractivity contribution in [2.45, 2.75) is 0 Å². The van der Waals surface area contributed by atoms with Gasteiger partial charge < -0.3 is 9.88 Å². The SMILES string of the molecule is Cn1c(Nc2nc3ccc(F)cc3s2)nc2ccccc21. The van der Waals surface area contributed by atoms with Gasteiger partial charge in [0.25, 0.3) is 0 Å². The van der Waals surface area contributed by atoms with Crippen LogP contribution in [0.4, 0.5) is 15.5 Å². The topological polar surface area (TPSA) is 42.7 Å². The molecular weight excluding hydrogens is 287 g/mol. The molecule has 0 aliphatic heterocycles. The van der Waals surface area contributed by atoms with Crippen LogP contribution in [0, 0.1) is 5.82 Å². The van der Waals surface area contributed by atoms with Crippen LogP contribution in [0.1, 0.15) is 0 Å². The molecule has 0 spiro atoms. The molecule has 0 saturated carbocycles. The number of hydrogen-bond donors (Lipinski definition) is 1. The van der Waals surface area contributed by atoms with E-state index in [0.717, 1.165) is 27.2 Å². The van der Waals surface area contributed by atoms with Crippen molar-refractivity contribution in [1.29, 1.82) is 0 Å². The molecule has 0 aliphatic carbocycles. The molecule has 104 valence electrons. The van der Waals surface area contributed by atoms with Crippen LogP contribution in [0.5, 0.6) is 0 Å². The maximum Gasteiger partial charge on any atom is 0.209 e. The number of fused-ring (bicyclic) bond motifs is 2. The predicted octanol–water partition coefficient (Wildman–Crippen LogP) is 4.07. The first-order valence-corrected chi connectivity index (χ1v) is 7.27. The van der Waals surface area contributed by atoms with Crippen LogP contribution in [0.2, 0.25) is 0 Å². The number of aromatic nitrogens is 3. The summed E-state index contributed by atoms with van der Waals surface area (Å²) in [6.07, 6.45) is 0. The lowest BCUT2D eigenvalue weighted by Gasteiger charge is -2.01. The van der Waals surface area contributed by atoms with E-state index < -0.39 is 0 Å². The Bertz CT molecular complexity index is 957. The van der Waals surface area contributed by atoms with E-state index in [1.54, 1.807) is 6.07 Å². The van der Waals surface area contributed by atoms with E-state index in [1.165, 1.54) is 23.5 Å². The summed E-state index contributed by atoms with van der Waals surface area (Å²) >= 11 is 1.41. The Balaban J connectivity index is 1.77. The molecule has 2 aromatic carbocycles. The molecule has 2 heterocycles. The zero-order valence-electron chi connectivity index (χ0n) is 11.2. The number of hydrogen-bond acceptors (Lipinski definition) is 4. The van der Waals surface area contributed by atoms with Gasteiger partial charge in [0.1, 0.15) is 5.82 Å². The molecule has 0 saturated heterocycles. The summed E-state index contributed by atoms with van der Waals surface area (Å²) in [6, 6.07) is 12.5. The summed E-state index contributed by atoms with van der Waals surface area (Å²) in [5.41, 5.74) is 2.75. The molecule has 0 unspecified atom stereocenters. The van der Waals surface area contributed by atoms with Crippen LogP contribution in [0.3, 0.4) is 0 Å². The number of para-hydroxylation sites is 2. The summed E-state index contributed by atoms with van der Waals surface area (Å²) in [5.74, 6) is 0.469. The predicted molar refractivity (Wildman–Crippen MR) is 83.6 cm³/mol. The van der Waals surface area contributed by atoms with Crippen molar-refractivity contribution in [2.24, 2.45) is 7.05 Å². The van der Waals surface area contributed by atoms with Gasteiger partial charge >= 0.3 is 0 Å². The zero-order valence-corrected chi connectivity index (χ0v) is 12.0. The van der Waals surface area contributed by atoms with Gasteiger partial charge in [-0.25, -0.2) is 14.4 Å². The summed E-state index contributed by atoms with van der Waals surface area (Å²) in [5, 5.41) is 3.91. The fourth-order valence-corrected chi connectivity index (χ4v) is 3.19. The van der Waals surface area contributed by atoms with Crippen LogP contribution >= 0.6 is 11.3 Å². The molecule has 6 heteroatoms. The Morgan fingerprint density at radius 2 is 1.95 bits per heavy atom.